The van der Waals surface area contributed by atoms with E-state index in [0.29, 0.717) is 29.7 Å². The number of nitrogens with zero attached hydrogens (tertiary/aromatic N) is 2. The van der Waals surface area contributed by atoms with Crippen molar-refractivity contribution in [1.29, 1.82) is 0 Å². The number of benzene rings is 2. The van der Waals surface area contributed by atoms with Crippen LogP contribution in [0.2, 0.25) is 0 Å². The van der Waals surface area contributed by atoms with Crippen molar-refractivity contribution in [2.45, 2.75) is 37.6 Å². The number of alkyl halides is 3. The SMILES string of the molecule is Nc1nc2cc(F)c(C(O)N3CCC(O)(c4ccc(C(F)(F)F)cc4)C3)cc2c2c1COC2. The number of aliphatic hydroxyl groups is 2. The van der Waals surface area contributed by atoms with Gasteiger partial charge in [0.25, 0.3) is 0 Å². The molecule has 2 atom stereocenters. The van der Waals surface area contributed by atoms with Crippen molar-refractivity contribution >= 4 is 16.7 Å². The van der Waals surface area contributed by atoms with Gasteiger partial charge in [0, 0.05) is 35.7 Å². The van der Waals surface area contributed by atoms with Crippen molar-refractivity contribution in [2.75, 3.05) is 18.8 Å². The van der Waals surface area contributed by atoms with Gasteiger partial charge in [0.15, 0.2) is 0 Å². The third kappa shape index (κ3) is 3.72. The molecular formula is C23H21F4N3O3. The molecule has 2 aliphatic rings. The third-order valence-corrected chi connectivity index (χ3v) is 6.50. The van der Waals surface area contributed by atoms with Crippen LogP contribution in [-0.4, -0.2) is 33.2 Å². The molecule has 3 aromatic rings. The molecule has 1 saturated heterocycles. The number of fused-ring (bicyclic) bond motifs is 3. The highest BCUT2D eigenvalue weighted by Crippen LogP contribution is 2.39. The Morgan fingerprint density at radius 1 is 1.12 bits per heavy atom. The molecule has 0 amide bonds. The van der Waals surface area contributed by atoms with Crippen LogP contribution in [0.4, 0.5) is 23.4 Å². The van der Waals surface area contributed by atoms with Gasteiger partial charge < -0.3 is 20.7 Å². The lowest BCUT2D eigenvalue weighted by atomic mass is 9.92. The lowest BCUT2D eigenvalue weighted by Gasteiger charge is -2.27. The van der Waals surface area contributed by atoms with Gasteiger partial charge in [-0.2, -0.15) is 13.2 Å². The zero-order valence-corrected chi connectivity index (χ0v) is 17.4. The number of ether oxygens (including phenoxy) is 1. The van der Waals surface area contributed by atoms with Gasteiger partial charge >= 0.3 is 6.18 Å². The average molecular weight is 463 g/mol. The lowest BCUT2D eigenvalue weighted by molar-refractivity contribution is -0.137. The number of aliphatic hydroxyl groups excluding tert-OH is 1. The van der Waals surface area contributed by atoms with Gasteiger partial charge in [0.2, 0.25) is 0 Å². The molecule has 2 unspecified atom stereocenters. The van der Waals surface area contributed by atoms with Gasteiger partial charge in [-0.15, -0.1) is 0 Å². The number of aromatic nitrogens is 1. The zero-order chi connectivity index (χ0) is 23.5. The van der Waals surface area contributed by atoms with E-state index in [1.54, 1.807) is 0 Å². The Hall–Kier alpha value is -2.79. The van der Waals surface area contributed by atoms with Gasteiger partial charge in [-0.05, 0) is 35.7 Å². The first-order valence-corrected chi connectivity index (χ1v) is 10.4. The van der Waals surface area contributed by atoms with Crippen LogP contribution in [0, 0.1) is 5.82 Å². The molecule has 10 heteroatoms. The first-order chi connectivity index (χ1) is 15.6. The number of rotatable bonds is 3. The van der Waals surface area contributed by atoms with Crippen LogP contribution in [0.1, 0.15) is 40.5 Å². The molecule has 6 nitrogen and oxygen atoms in total. The summed E-state index contributed by atoms with van der Waals surface area (Å²) in [7, 11) is 0. The molecule has 0 spiro atoms. The minimum absolute atomic E-state index is 0.0137. The zero-order valence-electron chi connectivity index (χ0n) is 17.4. The van der Waals surface area contributed by atoms with E-state index in [-0.39, 0.29) is 30.9 Å². The maximum Gasteiger partial charge on any atom is 0.416 e. The quantitative estimate of drug-likeness (QED) is 0.515. The monoisotopic (exact) mass is 463 g/mol. The van der Waals surface area contributed by atoms with Crippen LogP contribution in [0.3, 0.4) is 0 Å². The molecule has 5 rings (SSSR count). The Kier molecular flexibility index (Phi) is 5.09. The molecule has 0 saturated carbocycles. The van der Waals surface area contributed by atoms with Gasteiger partial charge in [-0.25, -0.2) is 9.37 Å². The number of pyridine rings is 1. The third-order valence-electron chi connectivity index (χ3n) is 6.50. The summed E-state index contributed by atoms with van der Waals surface area (Å²) in [6, 6.07) is 7.02. The molecular weight excluding hydrogens is 442 g/mol. The smallest absolute Gasteiger partial charge is 0.384 e. The number of hydrogen-bond acceptors (Lipinski definition) is 6. The van der Waals surface area contributed by atoms with Crippen LogP contribution in [0.5, 0.6) is 0 Å². The number of β-amino-alcohol motifs (C(OH)–C–C–N with tert-alkyl or cyclic N) is 1. The average Bonchev–Trinajstić information content (AvgIpc) is 3.41. The summed E-state index contributed by atoms with van der Waals surface area (Å²) in [5.41, 5.74) is 5.88. The Labute approximate surface area is 186 Å². The van der Waals surface area contributed by atoms with E-state index in [2.05, 4.69) is 4.98 Å². The van der Waals surface area contributed by atoms with Crippen LogP contribution in [0.25, 0.3) is 10.9 Å². The molecule has 4 N–H and O–H groups in total. The summed E-state index contributed by atoms with van der Waals surface area (Å²) in [4.78, 5) is 5.73. The van der Waals surface area contributed by atoms with E-state index in [1.165, 1.54) is 29.2 Å². The fraction of sp³-hybridized carbons (Fsp3) is 0.348. The summed E-state index contributed by atoms with van der Waals surface area (Å²) in [6.45, 7) is 0.762. The Morgan fingerprint density at radius 2 is 1.82 bits per heavy atom. The number of likely N-dealkylation sites (tertiary alicyclic amines) is 1. The van der Waals surface area contributed by atoms with Gasteiger partial charge in [0.05, 0.1) is 24.3 Å². The second kappa shape index (κ2) is 7.63. The van der Waals surface area contributed by atoms with Crippen LogP contribution < -0.4 is 5.73 Å². The standard InChI is InChI=1S/C23H21F4N3O3/c24-18-8-19-14(16-9-33-10-17(16)20(28)29-19)7-15(18)21(31)30-6-5-22(32,11-30)12-1-3-13(4-2-12)23(25,26)27/h1-4,7-8,21,31-32H,5-6,9-11H2,(H2,28,29). The first kappa shape index (κ1) is 22.0. The van der Waals surface area contributed by atoms with Crippen LogP contribution in [-0.2, 0) is 29.7 Å². The van der Waals surface area contributed by atoms with E-state index in [9.17, 15) is 27.8 Å². The normalized spacial score (nSPS) is 22.1. The van der Waals surface area contributed by atoms with Crippen molar-refractivity contribution in [1.82, 2.24) is 9.88 Å². The highest BCUT2D eigenvalue weighted by Gasteiger charge is 2.41. The molecule has 2 aliphatic heterocycles. The number of halogens is 4. The van der Waals surface area contributed by atoms with E-state index in [1.807, 2.05) is 0 Å². The van der Waals surface area contributed by atoms with E-state index in [4.69, 9.17) is 10.5 Å². The first-order valence-electron chi connectivity index (χ1n) is 10.4. The predicted octanol–water partition coefficient (Wildman–Crippen LogP) is 3.59. The fourth-order valence-electron chi connectivity index (χ4n) is 4.64. The molecule has 1 fully saturated rings. The maximum absolute atomic E-state index is 14.9. The lowest BCUT2D eigenvalue weighted by Crippen LogP contribution is -2.33. The molecule has 3 heterocycles. The highest BCUT2D eigenvalue weighted by atomic mass is 19.4. The van der Waals surface area contributed by atoms with E-state index < -0.39 is 29.4 Å². The molecule has 1 aromatic heterocycles. The predicted molar refractivity (Wildman–Crippen MR) is 111 cm³/mol. The Bertz CT molecular complexity index is 1230. The summed E-state index contributed by atoms with van der Waals surface area (Å²) in [6.07, 6.45) is -5.67. The number of nitrogens with two attached hydrogens (primary N) is 1. The molecule has 0 aliphatic carbocycles. The summed E-state index contributed by atoms with van der Waals surface area (Å²) in [5, 5.41) is 22.6. The fourth-order valence-corrected chi connectivity index (χ4v) is 4.64. The van der Waals surface area contributed by atoms with E-state index >= 15 is 0 Å². The van der Waals surface area contributed by atoms with Gasteiger partial charge in [-0.3, -0.25) is 4.90 Å². The second-order valence-electron chi connectivity index (χ2n) is 8.54. The van der Waals surface area contributed by atoms with Crippen molar-refractivity contribution in [3.63, 3.8) is 0 Å². The van der Waals surface area contributed by atoms with Crippen LogP contribution >= 0.6 is 0 Å². The number of anilines is 1. The molecule has 174 valence electrons. The van der Waals surface area contributed by atoms with E-state index in [0.717, 1.165) is 23.3 Å². The maximum atomic E-state index is 14.9. The Balaban J connectivity index is 1.43. The molecule has 33 heavy (non-hydrogen) atoms. The van der Waals surface area contributed by atoms with Gasteiger partial charge in [0.1, 0.15) is 23.5 Å². The second-order valence-corrected chi connectivity index (χ2v) is 8.54. The summed E-state index contributed by atoms with van der Waals surface area (Å²) in [5.74, 6) is -0.394. The van der Waals surface area contributed by atoms with Crippen molar-refractivity contribution < 1.29 is 32.5 Å². The number of nitrogen functional groups attached to an aromatic ring is 1. The highest BCUT2D eigenvalue weighted by molar-refractivity contribution is 5.86. The summed E-state index contributed by atoms with van der Waals surface area (Å²) >= 11 is 0. The van der Waals surface area contributed by atoms with Crippen molar-refractivity contribution in [2.24, 2.45) is 0 Å². The summed E-state index contributed by atoms with van der Waals surface area (Å²) < 4.78 is 58.9. The van der Waals surface area contributed by atoms with Crippen molar-refractivity contribution in [3.8, 4) is 0 Å². The minimum atomic E-state index is -4.47. The van der Waals surface area contributed by atoms with Crippen molar-refractivity contribution in [3.05, 3.63) is 70.0 Å². The topological polar surface area (TPSA) is 91.8 Å². The minimum Gasteiger partial charge on any atom is -0.384 e. The molecule has 0 bridgehead atoms. The molecule has 0 radical (unpaired) electrons. The Morgan fingerprint density at radius 3 is 2.52 bits per heavy atom. The largest absolute Gasteiger partial charge is 0.416 e. The number of hydrogen-bond donors (Lipinski definition) is 3. The molecule has 2 aromatic carbocycles. The van der Waals surface area contributed by atoms with Gasteiger partial charge in [-0.1, -0.05) is 12.1 Å². The van der Waals surface area contributed by atoms with Crippen LogP contribution in [0.15, 0.2) is 36.4 Å².